The molecular weight excluding hydrogens is 392 g/mol. The largest absolute Gasteiger partial charge is 0.465 e. The van der Waals surface area contributed by atoms with Crippen molar-refractivity contribution in [2.45, 2.75) is 71.6 Å². The molecule has 0 aliphatic carbocycles. The van der Waals surface area contributed by atoms with E-state index >= 15 is 0 Å². The second-order valence-corrected chi connectivity index (χ2v) is 9.90. The number of carbonyl (C=O) groups is 2. The van der Waals surface area contributed by atoms with E-state index in [1.807, 2.05) is 55.8 Å². The van der Waals surface area contributed by atoms with Gasteiger partial charge in [0.1, 0.15) is 6.04 Å². The van der Waals surface area contributed by atoms with Crippen molar-refractivity contribution in [3.8, 4) is 0 Å². The van der Waals surface area contributed by atoms with Crippen molar-refractivity contribution < 1.29 is 14.7 Å². The van der Waals surface area contributed by atoms with Gasteiger partial charge in [-0.1, -0.05) is 31.9 Å². The summed E-state index contributed by atoms with van der Waals surface area (Å²) in [5.74, 6) is -0.118. The molecule has 0 aliphatic rings. The summed E-state index contributed by atoms with van der Waals surface area (Å²) in [4.78, 5) is 31.0. The second-order valence-electron chi connectivity index (χ2n) is 7.83. The van der Waals surface area contributed by atoms with Crippen molar-refractivity contribution >= 4 is 34.7 Å². The molecule has 28 heavy (non-hydrogen) atoms. The molecule has 0 aromatic carbocycles. The number of unbranched alkanes of at least 4 members (excludes halogenated alkanes) is 1. The molecular formula is C21H30N2O3S2. The van der Waals surface area contributed by atoms with E-state index in [0.29, 0.717) is 19.5 Å². The number of hydrogen-bond acceptors (Lipinski definition) is 4. The van der Waals surface area contributed by atoms with E-state index in [-0.39, 0.29) is 5.91 Å². The molecule has 0 bridgehead atoms. The Bertz CT molecular complexity index is 700. The minimum absolute atomic E-state index is 0.118. The predicted molar refractivity (Wildman–Crippen MR) is 116 cm³/mol. The zero-order chi connectivity index (χ0) is 20.7. The third kappa shape index (κ3) is 6.07. The fourth-order valence-electron chi connectivity index (χ4n) is 3.25. The molecule has 2 rings (SSSR count). The standard InChI is InChI=1S/C21H30N2O3S2/c1-5-6-11-18(23(20(25)26)21(2,3)4)19(24)22(14-16-9-7-12-27-16)15-17-10-8-13-28-17/h7-10,12-13,18H,5-6,11,14-15H2,1-4H3,(H,25,26)/t18-/m1/s1. The van der Waals surface area contributed by atoms with Crippen LogP contribution in [0, 0.1) is 0 Å². The molecule has 154 valence electrons. The lowest BCUT2D eigenvalue weighted by atomic mass is 9.99. The van der Waals surface area contributed by atoms with E-state index in [9.17, 15) is 14.7 Å². The lowest BCUT2D eigenvalue weighted by molar-refractivity contribution is -0.139. The maximum absolute atomic E-state index is 13.6. The van der Waals surface area contributed by atoms with E-state index < -0.39 is 17.7 Å². The average Bonchev–Trinajstić information content (AvgIpc) is 3.29. The molecule has 1 atom stereocenters. The first-order valence-electron chi connectivity index (χ1n) is 9.59. The SMILES string of the molecule is CCCC[C@H](C(=O)N(Cc1cccs1)Cc1cccs1)N(C(=O)O)C(C)(C)C. The maximum Gasteiger partial charge on any atom is 0.408 e. The van der Waals surface area contributed by atoms with Crippen LogP contribution in [0.25, 0.3) is 0 Å². The highest BCUT2D eigenvalue weighted by Crippen LogP contribution is 2.25. The van der Waals surface area contributed by atoms with E-state index in [4.69, 9.17) is 0 Å². The summed E-state index contributed by atoms with van der Waals surface area (Å²) in [6, 6.07) is 7.29. The van der Waals surface area contributed by atoms with Crippen molar-refractivity contribution in [2.75, 3.05) is 0 Å². The van der Waals surface area contributed by atoms with E-state index in [1.165, 1.54) is 4.90 Å². The van der Waals surface area contributed by atoms with Crippen molar-refractivity contribution in [3.05, 3.63) is 44.8 Å². The van der Waals surface area contributed by atoms with Gasteiger partial charge in [0.05, 0.1) is 13.1 Å². The normalized spacial score (nSPS) is 12.6. The molecule has 0 spiro atoms. The van der Waals surface area contributed by atoms with E-state index in [0.717, 1.165) is 22.6 Å². The lowest BCUT2D eigenvalue weighted by Gasteiger charge is -2.40. The van der Waals surface area contributed by atoms with Gasteiger partial charge < -0.3 is 10.0 Å². The number of hydrogen-bond donors (Lipinski definition) is 1. The molecule has 0 radical (unpaired) electrons. The number of carbonyl (C=O) groups excluding carboxylic acids is 1. The van der Waals surface area contributed by atoms with Gasteiger partial charge in [-0.2, -0.15) is 0 Å². The molecule has 5 nitrogen and oxygen atoms in total. The van der Waals surface area contributed by atoms with Gasteiger partial charge in [0.15, 0.2) is 0 Å². The van der Waals surface area contributed by atoms with Crippen LogP contribution in [0.15, 0.2) is 35.0 Å². The molecule has 0 saturated carbocycles. The molecule has 0 saturated heterocycles. The first kappa shape index (κ1) is 22.4. The van der Waals surface area contributed by atoms with Crippen LogP contribution in [-0.2, 0) is 17.9 Å². The Morgan fingerprint density at radius 3 is 1.96 bits per heavy atom. The zero-order valence-corrected chi connectivity index (χ0v) is 18.7. The zero-order valence-electron chi connectivity index (χ0n) is 17.1. The van der Waals surface area contributed by atoms with Crippen molar-refractivity contribution in [2.24, 2.45) is 0 Å². The Hall–Kier alpha value is -1.86. The minimum Gasteiger partial charge on any atom is -0.465 e. The van der Waals surface area contributed by atoms with Crippen molar-refractivity contribution in [1.29, 1.82) is 0 Å². The molecule has 2 amide bonds. The van der Waals surface area contributed by atoms with Crippen LogP contribution in [-0.4, -0.2) is 38.5 Å². The van der Waals surface area contributed by atoms with Crippen LogP contribution in [0.3, 0.4) is 0 Å². The van der Waals surface area contributed by atoms with Crippen LogP contribution in [0.5, 0.6) is 0 Å². The third-order valence-electron chi connectivity index (χ3n) is 4.52. The monoisotopic (exact) mass is 422 g/mol. The molecule has 0 aliphatic heterocycles. The highest BCUT2D eigenvalue weighted by molar-refractivity contribution is 7.10. The van der Waals surface area contributed by atoms with Gasteiger partial charge in [0.25, 0.3) is 0 Å². The molecule has 2 aromatic rings. The van der Waals surface area contributed by atoms with Gasteiger partial charge in [-0.25, -0.2) is 4.79 Å². The van der Waals surface area contributed by atoms with Gasteiger partial charge >= 0.3 is 6.09 Å². The highest BCUT2D eigenvalue weighted by atomic mass is 32.1. The van der Waals surface area contributed by atoms with Gasteiger partial charge in [-0.3, -0.25) is 9.69 Å². The summed E-state index contributed by atoms with van der Waals surface area (Å²) >= 11 is 3.22. The Labute approximate surface area is 175 Å². The molecule has 1 N–H and O–H groups in total. The highest BCUT2D eigenvalue weighted by Gasteiger charge is 2.39. The van der Waals surface area contributed by atoms with E-state index in [1.54, 1.807) is 27.6 Å². The molecule has 2 aromatic heterocycles. The van der Waals surface area contributed by atoms with Gasteiger partial charge in [-0.15, -0.1) is 22.7 Å². The number of rotatable bonds is 9. The second kappa shape index (κ2) is 10.1. The molecule has 7 heteroatoms. The Morgan fingerprint density at radius 2 is 1.61 bits per heavy atom. The summed E-state index contributed by atoms with van der Waals surface area (Å²) in [6.07, 6.45) is 1.21. The number of amides is 2. The summed E-state index contributed by atoms with van der Waals surface area (Å²) in [7, 11) is 0. The average molecular weight is 423 g/mol. The molecule has 0 unspecified atom stereocenters. The number of thiophene rings is 2. The summed E-state index contributed by atoms with van der Waals surface area (Å²) in [6.45, 7) is 8.57. The van der Waals surface area contributed by atoms with Crippen LogP contribution in [0.2, 0.25) is 0 Å². The van der Waals surface area contributed by atoms with Crippen LogP contribution in [0.4, 0.5) is 4.79 Å². The number of nitrogens with zero attached hydrogens (tertiary/aromatic N) is 2. The molecule has 0 fully saturated rings. The lowest BCUT2D eigenvalue weighted by Crippen LogP contribution is -2.57. The fraction of sp³-hybridized carbons (Fsp3) is 0.524. The quantitative estimate of drug-likeness (QED) is 0.566. The first-order chi connectivity index (χ1) is 13.2. The van der Waals surface area contributed by atoms with Gasteiger partial charge in [-0.05, 0) is 50.1 Å². The summed E-state index contributed by atoms with van der Waals surface area (Å²) in [5, 5.41) is 13.9. The smallest absolute Gasteiger partial charge is 0.408 e. The minimum atomic E-state index is -1.05. The first-order valence-corrected chi connectivity index (χ1v) is 11.4. The van der Waals surface area contributed by atoms with Crippen LogP contribution in [0.1, 0.15) is 56.7 Å². The number of carboxylic acid groups (broad SMARTS) is 1. The Balaban J connectivity index is 2.35. The van der Waals surface area contributed by atoms with Gasteiger partial charge in [0, 0.05) is 15.3 Å². The van der Waals surface area contributed by atoms with E-state index in [2.05, 4.69) is 6.92 Å². The Morgan fingerprint density at radius 1 is 1.07 bits per heavy atom. The molecule has 2 heterocycles. The van der Waals surface area contributed by atoms with Crippen molar-refractivity contribution in [1.82, 2.24) is 9.80 Å². The summed E-state index contributed by atoms with van der Waals surface area (Å²) < 4.78 is 0. The van der Waals surface area contributed by atoms with Crippen molar-refractivity contribution in [3.63, 3.8) is 0 Å². The Kier molecular flexibility index (Phi) is 8.07. The van der Waals surface area contributed by atoms with Crippen LogP contribution < -0.4 is 0 Å². The topological polar surface area (TPSA) is 60.9 Å². The predicted octanol–water partition coefficient (Wildman–Crippen LogP) is 5.68. The van der Waals surface area contributed by atoms with Gasteiger partial charge in [0.2, 0.25) is 5.91 Å². The third-order valence-corrected chi connectivity index (χ3v) is 6.24. The van der Waals surface area contributed by atoms with Crippen LogP contribution >= 0.6 is 22.7 Å². The maximum atomic E-state index is 13.6. The fourth-order valence-corrected chi connectivity index (χ4v) is 4.69. The summed E-state index contributed by atoms with van der Waals surface area (Å²) in [5.41, 5.74) is -0.655.